The summed E-state index contributed by atoms with van der Waals surface area (Å²) in [5, 5.41) is 3.09. The molecule has 1 saturated carbocycles. The van der Waals surface area contributed by atoms with Gasteiger partial charge < -0.3 is 14.8 Å². The summed E-state index contributed by atoms with van der Waals surface area (Å²) in [5.74, 6) is -0.206. The summed E-state index contributed by atoms with van der Waals surface area (Å²) < 4.78 is 11.5. The van der Waals surface area contributed by atoms with Crippen LogP contribution in [-0.4, -0.2) is 55.0 Å². The van der Waals surface area contributed by atoms with Crippen LogP contribution in [0.1, 0.15) is 52.9 Å². The van der Waals surface area contributed by atoms with E-state index < -0.39 is 0 Å². The predicted molar refractivity (Wildman–Crippen MR) is 82.0 cm³/mol. The lowest BCUT2D eigenvalue weighted by Gasteiger charge is -2.39. The van der Waals surface area contributed by atoms with Crippen LogP contribution in [-0.2, 0) is 14.3 Å². The van der Waals surface area contributed by atoms with Crippen molar-refractivity contribution >= 4 is 5.91 Å². The van der Waals surface area contributed by atoms with Crippen LogP contribution in [0.15, 0.2) is 0 Å². The second-order valence-electron chi connectivity index (χ2n) is 7.04. The van der Waals surface area contributed by atoms with E-state index in [4.69, 9.17) is 9.47 Å². The number of ether oxygens (including phenoxy) is 2. The van der Waals surface area contributed by atoms with Crippen LogP contribution in [0.4, 0.5) is 0 Å². The second kappa shape index (κ2) is 6.63. The predicted octanol–water partition coefficient (Wildman–Crippen LogP) is 1.91. The first kappa shape index (κ1) is 16.7. The molecule has 5 nitrogen and oxygen atoms in total. The van der Waals surface area contributed by atoms with Gasteiger partial charge in [0.1, 0.15) is 0 Å². The Balaban J connectivity index is 1.76. The molecule has 1 spiro atoms. The van der Waals surface area contributed by atoms with E-state index in [-0.39, 0.29) is 17.2 Å². The van der Waals surface area contributed by atoms with Gasteiger partial charge in [0.2, 0.25) is 5.91 Å². The molecule has 1 heterocycles. The van der Waals surface area contributed by atoms with Gasteiger partial charge in [-0.25, -0.2) is 0 Å². The lowest BCUT2D eigenvalue weighted by Crippen LogP contribution is -2.50. The van der Waals surface area contributed by atoms with Gasteiger partial charge in [0.05, 0.1) is 19.8 Å². The Labute approximate surface area is 128 Å². The summed E-state index contributed by atoms with van der Waals surface area (Å²) >= 11 is 0. The lowest BCUT2D eigenvalue weighted by molar-refractivity contribution is -0.183. The molecule has 2 fully saturated rings. The molecule has 0 aromatic rings. The van der Waals surface area contributed by atoms with Gasteiger partial charge in [0, 0.05) is 24.4 Å². The van der Waals surface area contributed by atoms with Crippen LogP contribution in [0.5, 0.6) is 0 Å². The maximum Gasteiger partial charge on any atom is 0.234 e. The Morgan fingerprint density at radius 2 is 1.86 bits per heavy atom. The highest BCUT2D eigenvalue weighted by Crippen LogP contribution is 2.36. The lowest BCUT2D eigenvalue weighted by atomic mass is 9.89. The van der Waals surface area contributed by atoms with Crippen molar-refractivity contribution in [1.82, 2.24) is 10.2 Å². The molecule has 0 atom stereocenters. The fourth-order valence-corrected chi connectivity index (χ4v) is 3.13. The molecule has 0 radical (unpaired) electrons. The quantitative estimate of drug-likeness (QED) is 0.842. The number of hydrogen-bond donors (Lipinski definition) is 1. The summed E-state index contributed by atoms with van der Waals surface area (Å²) in [6.07, 6.45) is 4.86. The third-order valence-electron chi connectivity index (χ3n) is 4.91. The first-order valence-electron chi connectivity index (χ1n) is 8.15. The molecular formula is C16H30N2O3. The minimum atomic E-state index is -0.316. The van der Waals surface area contributed by atoms with Crippen LogP contribution in [0.25, 0.3) is 0 Å². The van der Waals surface area contributed by atoms with Crippen molar-refractivity contribution in [3.8, 4) is 0 Å². The molecule has 0 aromatic carbocycles. The van der Waals surface area contributed by atoms with Gasteiger partial charge in [0.15, 0.2) is 5.79 Å². The molecule has 21 heavy (non-hydrogen) atoms. The van der Waals surface area contributed by atoms with E-state index in [1.165, 1.54) is 0 Å². The highest BCUT2D eigenvalue weighted by Gasteiger charge is 2.41. The Hall–Kier alpha value is -0.650. The first-order chi connectivity index (χ1) is 9.86. The zero-order valence-electron chi connectivity index (χ0n) is 13.9. The van der Waals surface area contributed by atoms with Gasteiger partial charge >= 0.3 is 0 Å². The summed E-state index contributed by atoms with van der Waals surface area (Å²) in [4.78, 5) is 14.3. The van der Waals surface area contributed by atoms with E-state index in [2.05, 4.69) is 31.0 Å². The molecule has 1 aliphatic carbocycles. The number of hydrogen-bond acceptors (Lipinski definition) is 4. The zero-order valence-corrected chi connectivity index (χ0v) is 13.9. The smallest absolute Gasteiger partial charge is 0.234 e. The van der Waals surface area contributed by atoms with Crippen LogP contribution in [0.2, 0.25) is 0 Å². The summed E-state index contributed by atoms with van der Waals surface area (Å²) in [6, 6.07) is 0.443. The molecule has 1 N–H and O–H groups in total. The Morgan fingerprint density at radius 1 is 1.29 bits per heavy atom. The van der Waals surface area contributed by atoms with Gasteiger partial charge in [-0.15, -0.1) is 0 Å². The van der Waals surface area contributed by atoms with E-state index in [9.17, 15) is 4.79 Å². The number of likely N-dealkylation sites (N-methyl/N-ethyl adjacent to an activating group) is 1. The highest BCUT2D eigenvalue weighted by atomic mass is 16.7. The normalized spacial score (nSPS) is 22.9. The van der Waals surface area contributed by atoms with Crippen molar-refractivity contribution in [2.75, 3.05) is 26.8 Å². The molecule has 1 aliphatic heterocycles. The first-order valence-corrected chi connectivity index (χ1v) is 8.15. The van der Waals surface area contributed by atoms with Gasteiger partial charge in [-0.2, -0.15) is 0 Å². The largest absolute Gasteiger partial charge is 0.350 e. The van der Waals surface area contributed by atoms with Crippen molar-refractivity contribution in [2.24, 2.45) is 0 Å². The SMILES string of the molecule is CCC(C)(C)NC(=O)CN(C)C1CCC2(CC1)OCCO2. The van der Waals surface area contributed by atoms with Crippen LogP contribution >= 0.6 is 0 Å². The molecule has 0 unspecified atom stereocenters. The minimum absolute atomic E-state index is 0.109. The maximum atomic E-state index is 12.1. The molecule has 1 saturated heterocycles. The van der Waals surface area contributed by atoms with Crippen molar-refractivity contribution in [3.05, 3.63) is 0 Å². The summed E-state index contributed by atoms with van der Waals surface area (Å²) in [6.45, 7) is 8.10. The van der Waals surface area contributed by atoms with Gasteiger partial charge in [-0.1, -0.05) is 6.92 Å². The molecule has 0 aromatic heterocycles. The van der Waals surface area contributed by atoms with Gasteiger partial charge in [0.25, 0.3) is 0 Å². The van der Waals surface area contributed by atoms with E-state index in [0.717, 1.165) is 45.3 Å². The molecular weight excluding hydrogens is 268 g/mol. The second-order valence-corrected chi connectivity index (χ2v) is 7.04. The molecule has 0 bridgehead atoms. The topological polar surface area (TPSA) is 50.8 Å². The Morgan fingerprint density at radius 3 is 2.38 bits per heavy atom. The fraction of sp³-hybridized carbons (Fsp3) is 0.938. The Bertz CT molecular complexity index is 355. The molecule has 122 valence electrons. The molecule has 2 rings (SSSR count). The van der Waals surface area contributed by atoms with Crippen LogP contribution < -0.4 is 5.32 Å². The van der Waals surface area contributed by atoms with Gasteiger partial charge in [-0.05, 0) is 40.2 Å². The molecule has 2 aliphatic rings. The summed E-state index contributed by atoms with van der Waals surface area (Å²) in [5.41, 5.74) is -0.125. The van der Waals surface area contributed by atoms with Crippen molar-refractivity contribution < 1.29 is 14.3 Å². The van der Waals surface area contributed by atoms with Gasteiger partial charge in [-0.3, -0.25) is 9.69 Å². The third-order valence-corrected chi connectivity index (χ3v) is 4.91. The standard InChI is InChI=1S/C16H30N2O3/c1-5-15(2,3)17-14(19)12-18(4)13-6-8-16(9-7-13)20-10-11-21-16/h13H,5-12H2,1-4H3,(H,17,19). The fourth-order valence-electron chi connectivity index (χ4n) is 3.13. The molecule has 1 amide bonds. The zero-order chi connectivity index (χ0) is 15.5. The van der Waals surface area contributed by atoms with E-state index in [1.54, 1.807) is 0 Å². The number of carbonyl (C=O) groups excluding carboxylic acids is 1. The maximum absolute atomic E-state index is 12.1. The van der Waals surface area contributed by atoms with E-state index >= 15 is 0 Å². The highest BCUT2D eigenvalue weighted by molar-refractivity contribution is 5.78. The number of carbonyl (C=O) groups is 1. The number of nitrogens with zero attached hydrogens (tertiary/aromatic N) is 1. The monoisotopic (exact) mass is 298 g/mol. The van der Waals surface area contributed by atoms with Crippen molar-refractivity contribution in [2.45, 2.75) is 70.2 Å². The average Bonchev–Trinajstić information content (AvgIpc) is 2.87. The number of amides is 1. The van der Waals surface area contributed by atoms with E-state index in [1.807, 2.05) is 7.05 Å². The van der Waals surface area contributed by atoms with Crippen LogP contribution in [0.3, 0.4) is 0 Å². The van der Waals surface area contributed by atoms with Crippen molar-refractivity contribution in [1.29, 1.82) is 0 Å². The Kier molecular flexibility index (Phi) is 5.28. The van der Waals surface area contributed by atoms with Crippen molar-refractivity contribution in [3.63, 3.8) is 0 Å². The van der Waals surface area contributed by atoms with E-state index in [0.29, 0.717) is 12.6 Å². The average molecular weight is 298 g/mol. The number of nitrogens with one attached hydrogen (secondary N) is 1. The molecule has 5 heteroatoms. The third kappa shape index (κ3) is 4.41. The van der Waals surface area contributed by atoms with Crippen LogP contribution in [0, 0.1) is 0 Å². The number of rotatable bonds is 5. The summed E-state index contributed by atoms with van der Waals surface area (Å²) in [7, 11) is 2.04. The minimum Gasteiger partial charge on any atom is -0.350 e.